The first-order valence-electron chi connectivity index (χ1n) is 5.79. The minimum atomic E-state index is -0.297. The fraction of sp³-hybridized carbons (Fsp3) is 0.750. The molecule has 0 bridgehead atoms. The molecule has 0 aromatic carbocycles. The van der Waals surface area contributed by atoms with Crippen molar-refractivity contribution in [2.75, 3.05) is 24.6 Å². The maximum Gasteiger partial charge on any atom is 0.232 e. The Morgan fingerprint density at radius 2 is 1.78 bits per heavy atom. The largest absolute Gasteiger partial charge is 0.340 e. The summed E-state index contributed by atoms with van der Waals surface area (Å²) in [5, 5.41) is 17.1. The molecular weight excluding hydrogens is 248 g/mol. The van der Waals surface area contributed by atoms with Gasteiger partial charge in [-0.2, -0.15) is 22.3 Å². The van der Waals surface area contributed by atoms with Crippen LogP contribution in [0.1, 0.15) is 26.7 Å². The first-order chi connectivity index (χ1) is 8.40. The Morgan fingerprint density at radius 3 is 2.17 bits per heavy atom. The molecule has 0 spiro atoms. The second-order valence-corrected chi connectivity index (χ2v) is 5.66. The van der Waals surface area contributed by atoms with Crippen LogP contribution in [0.2, 0.25) is 0 Å². The van der Waals surface area contributed by atoms with E-state index in [9.17, 15) is 4.79 Å². The first-order valence-corrected chi connectivity index (χ1v) is 6.94. The van der Waals surface area contributed by atoms with Crippen LogP contribution in [-0.4, -0.2) is 40.9 Å². The van der Waals surface area contributed by atoms with Gasteiger partial charge in [0.15, 0.2) is 0 Å². The van der Waals surface area contributed by atoms with Crippen molar-refractivity contribution in [2.24, 2.45) is 5.73 Å². The van der Waals surface area contributed by atoms with Crippen molar-refractivity contribution in [3.63, 3.8) is 0 Å². The highest BCUT2D eigenvalue weighted by molar-refractivity contribution is 8.00. The van der Waals surface area contributed by atoms with E-state index in [1.54, 1.807) is 4.90 Å². The topological polar surface area (TPSA) is 93.9 Å². The molecule has 5 nitrogen and oxygen atoms in total. The molecule has 100 valence electrons. The van der Waals surface area contributed by atoms with Crippen molar-refractivity contribution in [1.82, 2.24) is 4.90 Å². The van der Waals surface area contributed by atoms with Crippen LogP contribution in [0, 0.1) is 22.7 Å². The van der Waals surface area contributed by atoms with Crippen LogP contribution in [-0.2, 0) is 4.79 Å². The van der Waals surface area contributed by atoms with Gasteiger partial charge in [-0.15, -0.1) is 0 Å². The summed E-state index contributed by atoms with van der Waals surface area (Å²) in [6, 6.07) is 4.01. The van der Waals surface area contributed by atoms with Crippen molar-refractivity contribution in [2.45, 2.75) is 32.2 Å². The molecular formula is C12H20N4OS. The summed E-state index contributed by atoms with van der Waals surface area (Å²) in [6.07, 6.45) is 0.592. The second kappa shape index (κ2) is 8.79. The number of hydrogen-bond donors (Lipinski definition) is 1. The zero-order chi connectivity index (χ0) is 14.0. The van der Waals surface area contributed by atoms with Gasteiger partial charge in [0.1, 0.15) is 0 Å². The number of rotatable bonds is 8. The molecule has 0 fully saturated rings. The van der Waals surface area contributed by atoms with Gasteiger partial charge in [0.05, 0.1) is 30.7 Å². The lowest BCUT2D eigenvalue weighted by atomic mass is 10.1. The third-order valence-corrected chi connectivity index (χ3v) is 3.44. The van der Waals surface area contributed by atoms with Gasteiger partial charge in [-0.05, 0) is 13.8 Å². The van der Waals surface area contributed by atoms with E-state index in [2.05, 4.69) is 0 Å². The van der Waals surface area contributed by atoms with E-state index in [4.69, 9.17) is 16.3 Å². The van der Waals surface area contributed by atoms with Crippen molar-refractivity contribution < 1.29 is 4.79 Å². The van der Waals surface area contributed by atoms with E-state index < -0.39 is 0 Å². The fourth-order valence-electron chi connectivity index (χ4n) is 1.22. The van der Waals surface area contributed by atoms with E-state index in [1.807, 2.05) is 26.0 Å². The van der Waals surface area contributed by atoms with E-state index in [1.165, 1.54) is 11.8 Å². The molecule has 2 N–H and O–H groups in total. The SMILES string of the molecule is CC(C)(N)CSCC(=O)N(CCC#N)CCC#N. The number of carbonyl (C=O) groups is 1. The highest BCUT2D eigenvalue weighted by Gasteiger charge is 2.15. The van der Waals surface area contributed by atoms with Crippen LogP contribution in [0.15, 0.2) is 0 Å². The molecule has 0 heterocycles. The lowest BCUT2D eigenvalue weighted by Crippen LogP contribution is -2.37. The third kappa shape index (κ3) is 8.86. The monoisotopic (exact) mass is 268 g/mol. The molecule has 0 radical (unpaired) electrons. The van der Waals surface area contributed by atoms with Gasteiger partial charge >= 0.3 is 0 Å². The molecule has 0 unspecified atom stereocenters. The van der Waals surface area contributed by atoms with Gasteiger partial charge in [-0.25, -0.2) is 0 Å². The number of hydrogen-bond acceptors (Lipinski definition) is 5. The van der Waals surface area contributed by atoms with Crippen LogP contribution in [0.3, 0.4) is 0 Å². The quantitative estimate of drug-likeness (QED) is 0.711. The van der Waals surface area contributed by atoms with Crippen molar-refractivity contribution in [3.8, 4) is 12.1 Å². The molecule has 0 aliphatic carbocycles. The molecule has 1 amide bonds. The van der Waals surface area contributed by atoms with Gasteiger partial charge in [0.2, 0.25) is 5.91 Å². The summed E-state index contributed by atoms with van der Waals surface area (Å²) in [5.41, 5.74) is 5.53. The highest BCUT2D eigenvalue weighted by atomic mass is 32.2. The van der Waals surface area contributed by atoms with Crippen molar-refractivity contribution in [3.05, 3.63) is 0 Å². The summed E-state index contributed by atoms with van der Waals surface area (Å²) in [6.45, 7) is 4.61. The zero-order valence-electron chi connectivity index (χ0n) is 11.0. The van der Waals surface area contributed by atoms with Crippen LogP contribution in [0.4, 0.5) is 0 Å². The van der Waals surface area contributed by atoms with E-state index in [0.29, 0.717) is 37.4 Å². The lowest BCUT2D eigenvalue weighted by Gasteiger charge is -2.22. The first kappa shape index (κ1) is 16.8. The van der Waals surface area contributed by atoms with Crippen LogP contribution in [0.25, 0.3) is 0 Å². The van der Waals surface area contributed by atoms with Crippen LogP contribution >= 0.6 is 11.8 Å². The Kier molecular flexibility index (Phi) is 8.19. The number of nitrogens with zero attached hydrogens (tertiary/aromatic N) is 3. The molecule has 0 rings (SSSR count). The smallest absolute Gasteiger partial charge is 0.232 e. The number of carbonyl (C=O) groups excluding carboxylic acids is 1. The van der Waals surface area contributed by atoms with E-state index in [0.717, 1.165) is 0 Å². The average molecular weight is 268 g/mol. The average Bonchev–Trinajstić information content (AvgIpc) is 2.27. The molecule has 0 atom stereocenters. The van der Waals surface area contributed by atoms with Gasteiger partial charge < -0.3 is 10.6 Å². The van der Waals surface area contributed by atoms with Gasteiger partial charge in [-0.1, -0.05) is 0 Å². The van der Waals surface area contributed by atoms with E-state index >= 15 is 0 Å². The van der Waals surface area contributed by atoms with E-state index in [-0.39, 0.29) is 11.4 Å². The summed E-state index contributed by atoms with van der Waals surface area (Å²) >= 11 is 1.48. The molecule has 0 aromatic heterocycles. The van der Waals surface area contributed by atoms with Gasteiger partial charge in [0, 0.05) is 24.4 Å². The molecule has 0 aliphatic heterocycles. The molecule has 6 heteroatoms. The summed E-state index contributed by atoms with van der Waals surface area (Å²) in [7, 11) is 0. The Balaban J connectivity index is 4.13. The highest BCUT2D eigenvalue weighted by Crippen LogP contribution is 2.11. The maximum absolute atomic E-state index is 11.9. The standard InChI is InChI=1S/C12H20N4OS/c1-12(2,15)10-18-9-11(17)16(7-3-5-13)8-4-6-14/h3-4,7-10,15H2,1-2H3. The molecule has 0 saturated carbocycles. The molecule has 0 aromatic rings. The fourth-order valence-corrected chi connectivity index (χ4v) is 2.21. The summed E-state index contributed by atoms with van der Waals surface area (Å²) < 4.78 is 0. The van der Waals surface area contributed by atoms with Crippen molar-refractivity contribution in [1.29, 1.82) is 10.5 Å². The minimum absolute atomic E-state index is 0.0326. The van der Waals surface area contributed by atoms with Crippen LogP contribution < -0.4 is 5.73 Å². The number of nitriles is 2. The number of amides is 1. The number of thioether (sulfide) groups is 1. The Morgan fingerprint density at radius 1 is 1.28 bits per heavy atom. The molecule has 0 aliphatic rings. The summed E-state index contributed by atoms with van der Waals surface area (Å²) in [4.78, 5) is 13.5. The van der Waals surface area contributed by atoms with Gasteiger partial charge in [-0.3, -0.25) is 4.79 Å². The Hall–Kier alpha value is -1.24. The summed E-state index contributed by atoms with van der Waals surface area (Å²) in [5.74, 6) is 1.01. The normalized spacial score (nSPS) is 10.5. The predicted molar refractivity (Wildman–Crippen MR) is 72.6 cm³/mol. The van der Waals surface area contributed by atoms with Crippen LogP contribution in [0.5, 0.6) is 0 Å². The third-order valence-electron chi connectivity index (χ3n) is 2.04. The minimum Gasteiger partial charge on any atom is -0.340 e. The second-order valence-electron chi connectivity index (χ2n) is 4.68. The van der Waals surface area contributed by atoms with Gasteiger partial charge in [0.25, 0.3) is 0 Å². The zero-order valence-corrected chi connectivity index (χ0v) is 11.8. The van der Waals surface area contributed by atoms with Crippen molar-refractivity contribution >= 4 is 17.7 Å². The maximum atomic E-state index is 11.9. The number of nitrogens with two attached hydrogens (primary N) is 1. The molecule has 18 heavy (non-hydrogen) atoms. The molecule has 0 saturated heterocycles. The Bertz CT molecular complexity index is 319. The predicted octanol–water partition coefficient (Wildman–Crippen LogP) is 1.11. The lowest BCUT2D eigenvalue weighted by molar-refractivity contribution is -0.128. The Labute approximate surface area is 113 Å².